The molecule has 2 rings (SSSR count). The van der Waals surface area contributed by atoms with Crippen LogP contribution in [0.3, 0.4) is 0 Å². The van der Waals surface area contributed by atoms with E-state index >= 15 is 0 Å². The largest absolute Gasteiger partial charge is 0.310 e. The lowest BCUT2D eigenvalue weighted by atomic mass is 10.0. The summed E-state index contributed by atoms with van der Waals surface area (Å²) in [5, 5.41) is 8.29. The van der Waals surface area contributed by atoms with Crippen molar-refractivity contribution in [3.63, 3.8) is 0 Å². The third kappa shape index (κ3) is 2.77. The van der Waals surface area contributed by atoms with Crippen molar-refractivity contribution in [2.45, 2.75) is 60.0 Å². The fourth-order valence-corrected chi connectivity index (χ4v) is 2.94. The first-order chi connectivity index (χ1) is 8.54. The predicted octanol–water partition coefficient (Wildman–Crippen LogP) is 3.22. The Kier molecular flexibility index (Phi) is 4.10. The third-order valence-electron chi connectivity index (χ3n) is 4.34. The summed E-state index contributed by atoms with van der Waals surface area (Å²) in [6.07, 6.45) is 2.87. The van der Waals surface area contributed by atoms with Crippen LogP contribution in [0.15, 0.2) is 0 Å². The van der Waals surface area contributed by atoms with Crippen LogP contribution in [0.2, 0.25) is 0 Å². The number of hydrogen-bond donors (Lipinski definition) is 1. The molecule has 0 aromatic carbocycles. The van der Waals surface area contributed by atoms with Crippen molar-refractivity contribution in [1.29, 1.82) is 0 Å². The molecule has 3 nitrogen and oxygen atoms in total. The SMILES string of the molecule is CCn1nc(C)c(C(C)NCC(C)C2CC2)c1C. The van der Waals surface area contributed by atoms with Crippen molar-refractivity contribution < 1.29 is 0 Å². The number of aromatic nitrogens is 2. The molecule has 18 heavy (non-hydrogen) atoms. The normalized spacial score (nSPS) is 18.9. The Morgan fingerprint density at radius 1 is 1.33 bits per heavy atom. The van der Waals surface area contributed by atoms with Gasteiger partial charge in [-0.2, -0.15) is 5.10 Å². The highest BCUT2D eigenvalue weighted by Gasteiger charge is 2.28. The minimum absolute atomic E-state index is 0.409. The van der Waals surface area contributed by atoms with Crippen LogP contribution < -0.4 is 5.32 Å². The van der Waals surface area contributed by atoms with E-state index in [1.54, 1.807) is 0 Å². The molecule has 1 aliphatic rings. The first-order valence-corrected chi connectivity index (χ1v) is 7.31. The zero-order chi connectivity index (χ0) is 13.3. The lowest BCUT2D eigenvalue weighted by molar-refractivity contribution is 0.430. The molecule has 2 unspecified atom stereocenters. The maximum atomic E-state index is 4.60. The smallest absolute Gasteiger partial charge is 0.0644 e. The molecule has 1 saturated carbocycles. The Hall–Kier alpha value is -0.830. The van der Waals surface area contributed by atoms with Crippen LogP contribution in [0.4, 0.5) is 0 Å². The maximum absolute atomic E-state index is 4.60. The molecular weight excluding hydrogens is 222 g/mol. The standard InChI is InChI=1S/C15H27N3/c1-6-18-13(5)15(12(4)17-18)11(3)16-9-10(2)14-7-8-14/h10-11,14,16H,6-9H2,1-5H3. The molecule has 2 atom stereocenters. The number of nitrogens with zero attached hydrogens (tertiary/aromatic N) is 2. The van der Waals surface area contributed by atoms with E-state index in [9.17, 15) is 0 Å². The Labute approximate surface area is 111 Å². The predicted molar refractivity (Wildman–Crippen MR) is 75.7 cm³/mol. The molecule has 3 heteroatoms. The van der Waals surface area contributed by atoms with Gasteiger partial charge in [0.05, 0.1) is 5.69 Å². The van der Waals surface area contributed by atoms with E-state index in [0.717, 1.165) is 24.9 Å². The van der Waals surface area contributed by atoms with Crippen LogP contribution in [-0.4, -0.2) is 16.3 Å². The second-order valence-electron chi connectivity index (χ2n) is 5.84. The topological polar surface area (TPSA) is 29.9 Å². The summed E-state index contributed by atoms with van der Waals surface area (Å²) in [5.74, 6) is 1.79. The van der Waals surface area contributed by atoms with E-state index in [-0.39, 0.29) is 0 Å². The van der Waals surface area contributed by atoms with E-state index in [4.69, 9.17) is 0 Å². The lowest BCUT2D eigenvalue weighted by Gasteiger charge is -2.18. The van der Waals surface area contributed by atoms with Gasteiger partial charge in [-0.1, -0.05) is 6.92 Å². The summed E-state index contributed by atoms with van der Waals surface area (Å²) in [6.45, 7) is 13.2. The molecule has 0 bridgehead atoms. The van der Waals surface area contributed by atoms with E-state index in [0.29, 0.717) is 6.04 Å². The first-order valence-electron chi connectivity index (χ1n) is 7.31. The molecule has 0 aliphatic heterocycles. The second-order valence-corrected chi connectivity index (χ2v) is 5.84. The van der Waals surface area contributed by atoms with Gasteiger partial charge in [0.1, 0.15) is 0 Å². The highest BCUT2D eigenvalue weighted by molar-refractivity contribution is 5.27. The minimum atomic E-state index is 0.409. The highest BCUT2D eigenvalue weighted by atomic mass is 15.3. The van der Waals surface area contributed by atoms with Crippen LogP contribution in [0, 0.1) is 25.7 Å². The van der Waals surface area contributed by atoms with Crippen molar-refractivity contribution in [1.82, 2.24) is 15.1 Å². The average Bonchev–Trinajstić information content (AvgIpc) is 3.13. The minimum Gasteiger partial charge on any atom is -0.310 e. The van der Waals surface area contributed by atoms with Gasteiger partial charge in [-0.05, 0) is 58.9 Å². The molecule has 1 fully saturated rings. The van der Waals surface area contributed by atoms with Gasteiger partial charge in [0.15, 0.2) is 0 Å². The molecular formula is C15H27N3. The van der Waals surface area contributed by atoms with E-state index in [1.165, 1.54) is 29.8 Å². The van der Waals surface area contributed by atoms with E-state index < -0.39 is 0 Å². The van der Waals surface area contributed by atoms with E-state index in [2.05, 4.69) is 49.7 Å². The molecule has 0 amide bonds. The van der Waals surface area contributed by atoms with E-state index in [1.807, 2.05) is 0 Å². The third-order valence-corrected chi connectivity index (χ3v) is 4.34. The summed E-state index contributed by atoms with van der Waals surface area (Å²) >= 11 is 0. The molecule has 102 valence electrons. The molecule has 1 aromatic rings. The maximum Gasteiger partial charge on any atom is 0.0644 e. The molecule has 0 radical (unpaired) electrons. The van der Waals surface area contributed by atoms with Crippen LogP contribution in [-0.2, 0) is 6.54 Å². The van der Waals surface area contributed by atoms with Gasteiger partial charge in [0.2, 0.25) is 0 Å². The van der Waals surface area contributed by atoms with Crippen molar-refractivity contribution in [2.75, 3.05) is 6.54 Å². The summed E-state index contributed by atoms with van der Waals surface area (Å²) in [6, 6.07) is 0.409. The number of aryl methyl sites for hydroxylation is 2. The Balaban J connectivity index is 1.99. The van der Waals surface area contributed by atoms with Gasteiger partial charge in [0, 0.05) is 23.8 Å². The molecule has 1 aliphatic carbocycles. The summed E-state index contributed by atoms with van der Waals surface area (Å²) in [4.78, 5) is 0. The monoisotopic (exact) mass is 249 g/mol. The van der Waals surface area contributed by atoms with Gasteiger partial charge in [-0.3, -0.25) is 4.68 Å². The molecule has 0 spiro atoms. The van der Waals surface area contributed by atoms with Crippen LogP contribution in [0.25, 0.3) is 0 Å². The Morgan fingerprint density at radius 2 is 2.00 bits per heavy atom. The number of rotatable bonds is 6. The molecule has 0 saturated heterocycles. The average molecular weight is 249 g/mol. The molecule has 1 N–H and O–H groups in total. The molecule has 1 aromatic heterocycles. The first kappa shape index (κ1) is 13.6. The van der Waals surface area contributed by atoms with Gasteiger partial charge in [0.25, 0.3) is 0 Å². The van der Waals surface area contributed by atoms with Crippen LogP contribution in [0.5, 0.6) is 0 Å². The molecule has 1 heterocycles. The van der Waals surface area contributed by atoms with Gasteiger partial charge in [-0.15, -0.1) is 0 Å². The van der Waals surface area contributed by atoms with Gasteiger partial charge >= 0.3 is 0 Å². The number of hydrogen-bond acceptors (Lipinski definition) is 2. The van der Waals surface area contributed by atoms with Crippen molar-refractivity contribution >= 4 is 0 Å². The van der Waals surface area contributed by atoms with Crippen LogP contribution in [0.1, 0.15) is 56.6 Å². The fourth-order valence-electron chi connectivity index (χ4n) is 2.94. The second kappa shape index (κ2) is 5.43. The lowest BCUT2D eigenvalue weighted by Crippen LogP contribution is -2.26. The van der Waals surface area contributed by atoms with Crippen molar-refractivity contribution in [2.24, 2.45) is 11.8 Å². The summed E-state index contributed by atoms with van der Waals surface area (Å²) < 4.78 is 2.10. The fraction of sp³-hybridized carbons (Fsp3) is 0.800. The number of nitrogens with one attached hydrogen (secondary N) is 1. The quantitative estimate of drug-likeness (QED) is 0.839. The zero-order valence-corrected chi connectivity index (χ0v) is 12.5. The van der Waals surface area contributed by atoms with Crippen molar-refractivity contribution in [3.8, 4) is 0 Å². The highest BCUT2D eigenvalue weighted by Crippen LogP contribution is 2.36. The van der Waals surface area contributed by atoms with Gasteiger partial charge in [-0.25, -0.2) is 0 Å². The van der Waals surface area contributed by atoms with Crippen molar-refractivity contribution in [3.05, 3.63) is 17.0 Å². The zero-order valence-electron chi connectivity index (χ0n) is 12.5. The summed E-state index contributed by atoms with van der Waals surface area (Å²) in [5.41, 5.74) is 3.88. The Morgan fingerprint density at radius 3 is 2.50 bits per heavy atom. The van der Waals surface area contributed by atoms with Crippen LogP contribution >= 0.6 is 0 Å². The van der Waals surface area contributed by atoms with Gasteiger partial charge < -0.3 is 5.32 Å². The Bertz CT molecular complexity index is 404. The summed E-state index contributed by atoms with van der Waals surface area (Å²) in [7, 11) is 0.